The van der Waals surface area contributed by atoms with E-state index in [1.165, 1.54) is 0 Å². The van der Waals surface area contributed by atoms with Crippen LogP contribution in [0.25, 0.3) is 0 Å². The predicted molar refractivity (Wildman–Crippen MR) is 38.6 cm³/mol. The number of fused-ring (bicyclic) bond motifs is 1. The highest BCUT2D eigenvalue weighted by Gasteiger charge is 2.29. The van der Waals surface area contributed by atoms with E-state index >= 15 is 0 Å². The Morgan fingerprint density at radius 1 is 1.64 bits per heavy atom. The van der Waals surface area contributed by atoms with Crippen LogP contribution in [0.1, 0.15) is 12.8 Å². The van der Waals surface area contributed by atoms with Gasteiger partial charge in [-0.3, -0.25) is 0 Å². The summed E-state index contributed by atoms with van der Waals surface area (Å²) in [5, 5.41) is 11.6. The van der Waals surface area contributed by atoms with Crippen LogP contribution < -0.4 is 5.32 Å². The Morgan fingerprint density at radius 3 is 3.18 bits per heavy atom. The summed E-state index contributed by atoms with van der Waals surface area (Å²) < 4.78 is 0. The van der Waals surface area contributed by atoms with E-state index in [2.05, 4.69) is 10.2 Å². The third-order valence-electron chi connectivity index (χ3n) is 2.17. The van der Waals surface area contributed by atoms with Gasteiger partial charge in [0.1, 0.15) is 5.70 Å². The average molecular weight is 154 g/mol. The molecule has 0 aliphatic carbocycles. The van der Waals surface area contributed by atoms with Gasteiger partial charge in [0.05, 0.1) is 6.67 Å². The Morgan fingerprint density at radius 2 is 2.45 bits per heavy atom. The Labute approximate surface area is 64.5 Å². The number of nitrogens with zero attached hydrogens (tertiary/aromatic N) is 1. The molecular weight excluding hydrogens is 144 g/mol. The van der Waals surface area contributed by atoms with Crippen molar-refractivity contribution < 1.29 is 9.90 Å². The van der Waals surface area contributed by atoms with E-state index in [1.807, 2.05) is 0 Å². The summed E-state index contributed by atoms with van der Waals surface area (Å²) in [5.41, 5.74) is 1.39. The Hall–Kier alpha value is -1.19. The van der Waals surface area contributed by atoms with E-state index in [1.54, 1.807) is 0 Å². The van der Waals surface area contributed by atoms with Crippen LogP contribution in [-0.4, -0.2) is 29.2 Å². The van der Waals surface area contributed by atoms with Gasteiger partial charge in [0, 0.05) is 12.2 Å². The lowest BCUT2D eigenvalue weighted by atomic mass is 10.2. The molecule has 0 amide bonds. The number of rotatable bonds is 1. The minimum atomic E-state index is -0.829. The van der Waals surface area contributed by atoms with E-state index in [0.29, 0.717) is 12.4 Å². The second kappa shape index (κ2) is 2.15. The smallest absolute Gasteiger partial charge is 0.353 e. The first-order chi connectivity index (χ1) is 5.29. The van der Waals surface area contributed by atoms with Crippen LogP contribution in [0.5, 0.6) is 0 Å². The molecular formula is C7H10N2O2. The fourth-order valence-corrected chi connectivity index (χ4v) is 1.66. The van der Waals surface area contributed by atoms with Gasteiger partial charge in [0.25, 0.3) is 0 Å². The molecule has 4 nitrogen and oxygen atoms in total. The van der Waals surface area contributed by atoms with E-state index in [-0.39, 0.29) is 0 Å². The van der Waals surface area contributed by atoms with Crippen LogP contribution in [-0.2, 0) is 4.79 Å². The molecule has 4 heteroatoms. The number of allylic oxidation sites excluding steroid dienone is 1. The van der Waals surface area contributed by atoms with Crippen molar-refractivity contribution in [2.24, 2.45) is 0 Å². The zero-order valence-corrected chi connectivity index (χ0v) is 6.13. The lowest BCUT2D eigenvalue weighted by Gasteiger charge is -2.09. The molecule has 2 rings (SSSR count). The SMILES string of the molecule is O=C(O)C1=C2CCCN2CN1. The van der Waals surface area contributed by atoms with Crippen LogP contribution in [0.3, 0.4) is 0 Å². The zero-order valence-electron chi connectivity index (χ0n) is 6.13. The first-order valence-corrected chi connectivity index (χ1v) is 3.74. The summed E-state index contributed by atoms with van der Waals surface area (Å²) >= 11 is 0. The lowest BCUT2D eigenvalue weighted by molar-refractivity contribution is -0.133. The Kier molecular flexibility index (Phi) is 1.27. The number of aliphatic carboxylic acids is 1. The molecule has 60 valence electrons. The van der Waals surface area contributed by atoms with Crippen molar-refractivity contribution in [2.45, 2.75) is 12.8 Å². The molecule has 2 N–H and O–H groups in total. The Balaban J connectivity index is 2.30. The van der Waals surface area contributed by atoms with Gasteiger partial charge in [-0.1, -0.05) is 0 Å². The number of carboxylic acids is 1. The van der Waals surface area contributed by atoms with Crippen molar-refractivity contribution in [2.75, 3.05) is 13.2 Å². The molecule has 0 atom stereocenters. The summed E-state index contributed by atoms with van der Waals surface area (Å²) in [6, 6.07) is 0. The second-order valence-electron chi connectivity index (χ2n) is 2.83. The van der Waals surface area contributed by atoms with E-state index in [9.17, 15) is 4.79 Å². The second-order valence-corrected chi connectivity index (χ2v) is 2.83. The lowest BCUT2D eigenvalue weighted by Crippen LogP contribution is -2.22. The van der Waals surface area contributed by atoms with Crippen molar-refractivity contribution in [3.05, 3.63) is 11.4 Å². The third-order valence-corrected chi connectivity index (χ3v) is 2.17. The molecule has 0 radical (unpaired) electrons. The standard InChI is InChI=1S/C7H10N2O2/c10-7(11)6-5-2-1-3-9(5)4-8-6/h8H,1-4H2,(H,10,11). The van der Waals surface area contributed by atoms with Gasteiger partial charge in [0.2, 0.25) is 0 Å². The highest BCUT2D eigenvalue weighted by Crippen LogP contribution is 2.26. The fraction of sp³-hybridized carbons (Fsp3) is 0.571. The largest absolute Gasteiger partial charge is 0.477 e. The predicted octanol–water partition coefficient (Wildman–Crippen LogP) is -0.0609. The summed E-state index contributed by atoms with van der Waals surface area (Å²) in [6.07, 6.45) is 2.00. The van der Waals surface area contributed by atoms with Gasteiger partial charge in [-0.05, 0) is 12.8 Å². The first kappa shape index (κ1) is 6.52. The molecule has 0 aromatic rings. The highest BCUT2D eigenvalue weighted by molar-refractivity contribution is 5.87. The fourth-order valence-electron chi connectivity index (χ4n) is 1.66. The summed E-state index contributed by atoms with van der Waals surface area (Å²) in [7, 11) is 0. The summed E-state index contributed by atoms with van der Waals surface area (Å²) in [4.78, 5) is 12.7. The number of hydrogen-bond donors (Lipinski definition) is 2. The molecule has 2 heterocycles. The van der Waals surface area contributed by atoms with Crippen molar-refractivity contribution in [1.29, 1.82) is 0 Å². The highest BCUT2D eigenvalue weighted by atomic mass is 16.4. The minimum Gasteiger partial charge on any atom is -0.477 e. The van der Waals surface area contributed by atoms with Gasteiger partial charge in [-0.2, -0.15) is 0 Å². The molecule has 1 saturated heterocycles. The maximum absolute atomic E-state index is 10.6. The maximum Gasteiger partial charge on any atom is 0.353 e. The molecule has 0 unspecified atom stereocenters. The van der Waals surface area contributed by atoms with Crippen LogP contribution in [0.2, 0.25) is 0 Å². The maximum atomic E-state index is 10.6. The van der Waals surface area contributed by atoms with Gasteiger partial charge >= 0.3 is 5.97 Å². The third kappa shape index (κ3) is 0.859. The normalized spacial score (nSPS) is 22.0. The molecule has 0 saturated carbocycles. The van der Waals surface area contributed by atoms with Crippen molar-refractivity contribution in [3.8, 4) is 0 Å². The van der Waals surface area contributed by atoms with Gasteiger partial charge in [0.15, 0.2) is 0 Å². The van der Waals surface area contributed by atoms with E-state index in [0.717, 1.165) is 25.1 Å². The first-order valence-electron chi connectivity index (χ1n) is 3.74. The summed E-state index contributed by atoms with van der Waals surface area (Å²) in [5.74, 6) is -0.829. The monoisotopic (exact) mass is 154 g/mol. The van der Waals surface area contributed by atoms with Gasteiger partial charge in [-0.25, -0.2) is 4.79 Å². The molecule has 0 aromatic carbocycles. The molecule has 2 aliphatic heterocycles. The molecule has 2 aliphatic rings. The van der Waals surface area contributed by atoms with Crippen molar-refractivity contribution in [3.63, 3.8) is 0 Å². The van der Waals surface area contributed by atoms with Crippen LogP contribution in [0, 0.1) is 0 Å². The molecule has 0 spiro atoms. The molecule has 1 fully saturated rings. The van der Waals surface area contributed by atoms with Crippen molar-refractivity contribution in [1.82, 2.24) is 10.2 Å². The average Bonchev–Trinajstić information content (AvgIpc) is 2.41. The number of nitrogens with one attached hydrogen (secondary N) is 1. The molecule has 11 heavy (non-hydrogen) atoms. The van der Waals surface area contributed by atoms with Crippen LogP contribution in [0.4, 0.5) is 0 Å². The molecule has 0 bridgehead atoms. The van der Waals surface area contributed by atoms with Crippen LogP contribution in [0.15, 0.2) is 11.4 Å². The number of hydrogen-bond acceptors (Lipinski definition) is 3. The van der Waals surface area contributed by atoms with E-state index in [4.69, 9.17) is 5.11 Å². The van der Waals surface area contributed by atoms with Crippen molar-refractivity contribution >= 4 is 5.97 Å². The molecule has 0 aromatic heterocycles. The quantitative estimate of drug-likeness (QED) is 0.555. The summed E-state index contributed by atoms with van der Waals surface area (Å²) in [6.45, 7) is 1.68. The minimum absolute atomic E-state index is 0.405. The number of carboxylic acid groups (broad SMARTS) is 1. The zero-order chi connectivity index (χ0) is 7.84. The number of carbonyl (C=O) groups is 1. The van der Waals surface area contributed by atoms with Gasteiger partial charge in [-0.15, -0.1) is 0 Å². The Bertz CT molecular complexity index is 235. The topological polar surface area (TPSA) is 52.6 Å². The van der Waals surface area contributed by atoms with Crippen LogP contribution >= 0.6 is 0 Å². The van der Waals surface area contributed by atoms with Gasteiger partial charge < -0.3 is 15.3 Å². The van der Waals surface area contributed by atoms with E-state index < -0.39 is 5.97 Å².